The van der Waals surface area contributed by atoms with E-state index in [0.29, 0.717) is 24.3 Å². The molecule has 0 bridgehead atoms. The minimum atomic E-state index is -4.77. The van der Waals surface area contributed by atoms with E-state index in [0.717, 1.165) is 0 Å². The summed E-state index contributed by atoms with van der Waals surface area (Å²) in [6.07, 6.45) is -16.0. The van der Waals surface area contributed by atoms with Crippen LogP contribution >= 0.6 is 0 Å². The van der Waals surface area contributed by atoms with E-state index in [2.05, 4.69) is 0 Å². The molecule has 0 unspecified atom stereocenters. The van der Waals surface area contributed by atoms with Crippen molar-refractivity contribution in [2.75, 3.05) is 0 Å². The zero-order valence-corrected chi connectivity index (χ0v) is 11.2. The van der Waals surface area contributed by atoms with Crippen LogP contribution in [0.2, 0.25) is 0 Å². The van der Waals surface area contributed by atoms with Gasteiger partial charge in [0.2, 0.25) is 0 Å². The molecule has 11 heteroatoms. The van der Waals surface area contributed by atoms with Gasteiger partial charge < -0.3 is 0 Å². The molecule has 0 nitrogen and oxygen atoms in total. The monoisotopic (exact) mass is 362 g/mol. The molecule has 1 aromatic carbocycles. The van der Waals surface area contributed by atoms with Crippen LogP contribution in [-0.2, 0) is 12.4 Å². The summed E-state index contributed by atoms with van der Waals surface area (Å²) in [4.78, 5) is 0. The van der Waals surface area contributed by atoms with Gasteiger partial charge in [0.05, 0.1) is 11.1 Å². The maximum absolute atomic E-state index is 11.9. The molecule has 0 saturated carbocycles. The van der Waals surface area contributed by atoms with Gasteiger partial charge in [0.1, 0.15) is 6.42 Å². The van der Waals surface area contributed by atoms with Crippen molar-refractivity contribution in [2.24, 2.45) is 0 Å². The van der Waals surface area contributed by atoms with Crippen LogP contribution in [0.3, 0.4) is 0 Å². The zero-order valence-electron chi connectivity index (χ0n) is 11.2. The minimum absolute atomic E-state index is 0.237. The fourth-order valence-corrected chi connectivity index (χ4v) is 1.20. The van der Waals surface area contributed by atoms with E-state index in [4.69, 9.17) is 0 Å². The van der Waals surface area contributed by atoms with Gasteiger partial charge in [-0.3, -0.25) is 0 Å². The normalized spacial score (nSPS) is 13.4. The van der Waals surface area contributed by atoms with Gasteiger partial charge in [-0.05, 0) is 31.2 Å². The molecule has 134 valence electrons. The zero-order chi connectivity index (χ0) is 18.7. The first-order valence-corrected chi connectivity index (χ1v) is 5.61. The van der Waals surface area contributed by atoms with Crippen molar-refractivity contribution >= 4 is 0 Å². The van der Waals surface area contributed by atoms with Crippen LogP contribution in [0.25, 0.3) is 0 Å². The van der Waals surface area contributed by atoms with E-state index >= 15 is 0 Å². The molecular weight excluding hydrogens is 353 g/mol. The Bertz CT molecular complexity index is 425. The second-order valence-electron chi connectivity index (χ2n) is 4.44. The van der Waals surface area contributed by atoms with Crippen LogP contribution in [0.15, 0.2) is 24.3 Å². The lowest BCUT2D eigenvalue weighted by Gasteiger charge is -2.11. The Balaban J connectivity index is 0.000000468. The van der Waals surface area contributed by atoms with E-state index in [1.165, 1.54) is 0 Å². The molecule has 0 heterocycles. The van der Waals surface area contributed by atoms with Crippen LogP contribution in [0.5, 0.6) is 0 Å². The number of hydrogen-bond acceptors (Lipinski definition) is 0. The fraction of sp³-hybridized carbons (Fsp3) is 0.500. The second kappa shape index (κ2) is 6.91. The molecule has 0 aliphatic rings. The Kier molecular flexibility index (Phi) is 6.45. The van der Waals surface area contributed by atoms with Crippen molar-refractivity contribution in [3.05, 3.63) is 35.4 Å². The average Bonchev–Trinajstić information content (AvgIpc) is 2.22. The van der Waals surface area contributed by atoms with Gasteiger partial charge in [-0.2, -0.15) is 39.5 Å². The lowest BCUT2D eigenvalue weighted by Crippen LogP contribution is -2.21. The molecule has 0 aromatic heterocycles. The Labute approximate surface area is 122 Å². The summed E-state index contributed by atoms with van der Waals surface area (Å²) in [5, 5.41) is 0. The molecule has 0 saturated heterocycles. The van der Waals surface area contributed by atoms with Gasteiger partial charge in [-0.15, -0.1) is 0 Å². The minimum Gasteiger partial charge on any atom is -0.207 e. The van der Waals surface area contributed by atoms with Crippen molar-refractivity contribution < 1.29 is 48.3 Å². The summed E-state index contributed by atoms with van der Waals surface area (Å²) in [6, 6.07) is 1.62. The van der Waals surface area contributed by atoms with Crippen molar-refractivity contribution in [3.8, 4) is 0 Å². The van der Waals surface area contributed by atoms with Gasteiger partial charge >= 0.3 is 18.5 Å². The Morgan fingerprint density at radius 2 is 0.870 bits per heavy atom. The molecule has 23 heavy (non-hydrogen) atoms. The smallest absolute Gasteiger partial charge is 0.207 e. The average molecular weight is 362 g/mol. The highest BCUT2D eigenvalue weighted by atomic mass is 19.4. The largest absolute Gasteiger partial charge is 0.416 e. The van der Waals surface area contributed by atoms with Gasteiger partial charge in [-0.1, -0.05) is 0 Å². The van der Waals surface area contributed by atoms with Crippen LogP contribution in [0.4, 0.5) is 48.3 Å². The molecule has 0 aliphatic carbocycles. The third-order valence-corrected chi connectivity index (χ3v) is 2.05. The molecule has 0 N–H and O–H groups in total. The van der Waals surface area contributed by atoms with Crippen molar-refractivity contribution in [1.82, 2.24) is 0 Å². The summed E-state index contributed by atoms with van der Waals surface area (Å²) in [5.41, 5.74) is -2.18. The predicted molar refractivity (Wildman–Crippen MR) is 57.7 cm³/mol. The quantitative estimate of drug-likeness (QED) is 0.513. The third-order valence-electron chi connectivity index (χ3n) is 2.05. The van der Waals surface area contributed by atoms with E-state index in [9.17, 15) is 48.3 Å². The highest BCUT2D eigenvalue weighted by molar-refractivity contribution is 5.26. The number of halogens is 11. The molecular formula is C12H9F11. The van der Waals surface area contributed by atoms with Gasteiger partial charge in [0.25, 0.3) is 5.92 Å². The Hall–Kier alpha value is -1.55. The standard InChI is InChI=1S/C8H4F6.C4H5F5/c9-7(10,11)5-1-2-6(4-3-5)8(12,13)14;1-3(5,6)2-4(7,8)9/h1-4H;2H2,1H3. The van der Waals surface area contributed by atoms with E-state index in [1.54, 1.807) is 0 Å². The molecule has 0 fully saturated rings. The second-order valence-corrected chi connectivity index (χ2v) is 4.44. The molecule has 0 amide bonds. The summed E-state index contributed by atoms with van der Waals surface area (Å²) < 4.78 is 128. The van der Waals surface area contributed by atoms with E-state index in [1.807, 2.05) is 0 Å². The molecule has 1 aromatic rings. The van der Waals surface area contributed by atoms with Crippen LogP contribution in [0.1, 0.15) is 24.5 Å². The maximum Gasteiger partial charge on any atom is 0.416 e. The SMILES string of the molecule is CC(F)(F)CC(F)(F)F.FC(F)(F)c1ccc(C(F)(F)F)cc1. The van der Waals surface area contributed by atoms with E-state index < -0.39 is 42.0 Å². The Morgan fingerprint density at radius 1 is 0.609 bits per heavy atom. The van der Waals surface area contributed by atoms with Crippen molar-refractivity contribution in [1.29, 1.82) is 0 Å². The lowest BCUT2D eigenvalue weighted by atomic mass is 10.1. The molecule has 0 spiro atoms. The molecule has 0 atom stereocenters. The van der Waals surface area contributed by atoms with E-state index in [-0.39, 0.29) is 6.92 Å². The third kappa shape index (κ3) is 9.95. The van der Waals surface area contributed by atoms with Gasteiger partial charge in [0, 0.05) is 0 Å². The highest BCUT2D eigenvalue weighted by Crippen LogP contribution is 2.33. The topological polar surface area (TPSA) is 0 Å². The molecule has 1 rings (SSSR count). The van der Waals surface area contributed by atoms with Crippen LogP contribution < -0.4 is 0 Å². The number of benzene rings is 1. The first-order chi connectivity index (χ1) is 9.92. The lowest BCUT2D eigenvalue weighted by molar-refractivity contribution is -0.182. The summed E-state index contributed by atoms with van der Waals surface area (Å²) in [7, 11) is 0. The number of alkyl halides is 11. The van der Waals surface area contributed by atoms with Crippen LogP contribution in [0, 0.1) is 0 Å². The first kappa shape index (κ1) is 21.4. The summed E-state index contributed by atoms with van der Waals surface area (Å²) in [5.74, 6) is -3.64. The number of rotatable bonds is 1. The summed E-state index contributed by atoms with van der Waals surface area (Å²) in [6.45, 7) is 0.237. The van der Waals surface area contributed by atoms with Gasteiger partial charge in [-0.25, -0.2) is 8.78 Å². The highest BCUT2D eigenvalue weighted by Gasteiger charge is 2.39. The molecule has 0 aliphatic heterocycles. The predicted octanol–water partition coefficient (Wildman–Crippen LogP) is 6.32. The van der Waals surface area contributed by atoms with Gasteiger partial charge in [0.15, 0.2) is 0 Å². The first-order valence-electron chi connectivity index (χ1n) is 5.61. The number of hydrogen-bond donors (Lipinski definition) is 0. The fourth-order valence-electron chi connectivity index (χ4n) is 1.20. The van der Waals surface area contributed by atoms with Crippen molar-refractivity contribution in [2.45, 2.75) is 37.8 Å². The van der Waals surface area contributed by atoms with Crippen molar-refractivity contribution in [3.63, 3.8) is 0 Å². The summed E-state index contributed by atoms with van der Waals surface area (Å²) >= 11 is 0. The maximum atomic E-state index is 11.9. The Morgan fingerprint density at radius 3 is 0.957 bits per heavy atom. The molecule has 0 radical (unpaired) electrons. The van der Waals surface area contributed by atoms with Crippen LogP contribution in [-0.4, -0.2) is 12.1 Å².